The topological polar surface area (TPSA) is 92.6 Å². The van der Waals surface area contributed by atoms with Gasteiger partial charge in [-0.05, 0) is 0 Å². The van der Waals surface area contributed by atoms with E-state index in [4.69, 9.17) is 10.9 Å². The van der Waals surface area contributed by atoms with Crippen molar-refractivity contribution < 1.29 is 10.0 Å². The van der Waals surface area contributed by atoms with Crippen molar-refractivity contribution in [3.8, 4) is 0 Å². The molecule has 0 unspecified atom stereocenters. The van der Waals surface area contributed by atoms with Gasteiger partial charge >= 0.3 is 6.03 Å². The predicted octanol–water partition coefficient (Wildman–Crippen LogP) is -1.28. The molecule has 0 aromatic rings. The number of hydrogen-bond acceptors (Lipinski definition) is 3. The summed E-state index contributed by atoms with van der Waals surface area (Å²) in [5.41, 5.74) is 9.56. The lowest BCUT2D eigenvalue weighted by molar-refractivity contribution is -0.0364. The Morgan fingerprint density at radius 1 is 1.75 bits per heavy atom. The zero-order chi connectivity index (χ0) is 6.57. The minimum Gasteiger partial charge on any atom is -0.350 e. The van der Waals surface area contributed by atoms with Crippen LogP contribution in [-0.2, 0) is 0 Å². The molecular weight excluding hydrogens is 110 g/mol. The van der Waals surface area contributed by atoms with Gasteiger partial charge in [0.2, 0.25) is 0 Å². The molecular formula is C3H9N3O2. The van der Waals surface area contributed by atoms with Crippen molar-refractivity contribution >= 4 is 6.03 Å². The summed E-state index contributed by atoms with van der Waals surface area (Å²) in [7, 11) is 0. The number of carbonyl (C=O) groups is 1. The number of primary amides is 1. The van der Waals surface area contributed by atoms with Crippen molar-refractivity contribution in [1.29, 1.82) is 0 Å². The van der Waals surface area contributed by atoms with E-state index in [0.717, 1.165) is 0 Å². The first kappa shape index (κ1) is 7.19. The van der Waals surface area contributed by atoms with Crippen molar-refractivity contribution in [1.82, 2.24) is 5.06 Å². The molecule has 0 saturated carbocycles. The third-order valence-electron chi connectivity index (χ3n) is 0.595. The van der Waals surface area contributed by atoms with E-state index in [-0.39, 0.29) is 13.1 Å². The van der Waals surface area contributed by atoms with E-state index in [1.54, 1.807) is 0 Å². The molecule has 0 aromatic heterocycles. The van der Waals surface area contributed by atoms with Crippen molar-refractivity contribution in [2.45, 2.75) is 0 Å². The molecule has 0 saturated heterocycles. The number of amides is 2. The van der Waals surface area contributed by atoms with Crippen LogP contribution < -0.4 is 11.5 Å². The Kier molecular flexibility index (Phi) is 2.90. The molecule has 5 N–H and O–H groups in total. The minimum atomic E-state index is -0.879. The molecule has 0 aliphatic heterocycles. The Morgan fingerprint density at radius 3 is 2.38 bits per heavy atom. The molecule has 0 heterocycles. The predicted molar refractivity (Wildman–Crippen MR) is 27.1 cm³/mol. The molecule has 5 heteroatoms. The van der Waals surface area contributed by atoms with Crippen LogP contribution in [0.4, 0.5) is 4.79 Å². The molecule has 0 bridgehead atoms. The molecule has 0 aliphatic rings. The second-order valence-corrected chi connectivity index (χ2v) is 1.25. The van der Waals surface area contributed by atoms with E-state index in [0.29, 0.717) is 5.06 Å². The van der Waals surface area contributed by atoms with Crippen molar-refractivity contribution in [2.75, 3.05) is 13.1 Å². The van der Waals surface area contributed by atoms with Gasteiger partial charge in [-0.25, -0.2) is 9.86 Å². The normalized spacial score (nSPS) is 8.75. The Balaban J connectivity index is 3.32. The maximum absolute atomic E-state index is 9.93. The number of hydrogen-bond donors (Lipinski definition) is 3. The summed E-state index contributed by atoms with van der Waals surface area (Å²) in [6.07, 6.45) is 0. The van der Waals surface area contributed by atoms with E-state index < -0.39 is 6.03 Å². The molecule has 0 radical (unpaired) electrons. The van der Waals surface area contributed by atoms with Gasteiger partial charge in [0.05, 0.1) is 6.54 Å². The van der Waals surface area contributed by atoms with Gasteiger partial charge in [0, 0.05) is 6.54 Å². The summed E-state index contributed by atoms with van der Waals surface area (Å²) < 4.78 is 0. The number of rotatable bonds is 2. The first-order chi connectivity index (χ1) is 3.68. The van der Waals surface area contributed by atoms with Gasteiger partial charge < -0.3 is 11.5 Å². The second-order valence-electron chi connectivity index (χ2n) is 1.25. The Hall–Kier alpha value is -0.810. The van der Waals surface area contributed by atoms with Crippen LogP contribution in [0.5, 0.6) is 0 Å². The van der Waals surface area contributed by atoms with Crippen LogP contribution in [0.25, 0.3) is 0 Å². The van der Waals surface area contributed by atoms with E-state index in [1.165, 1.54) is 0 Å². The third-order valence-corrected chi connectivity index (χ3v) is 0.595. The van der Waals surface area contributed by atoms with Crippen LogP contribution in [0.2, 0.25) is 0 Å². The summed E-state index contributed by atoms with van der Waals surface area (Å²) in [6.45, 7) is 0.286. The van der Waals surface area contributed by atoms with E-state index in [2.05, 4.69) is 5.73 Å². The van der Waals surface area contributed by atoms with Gasteiger partial charge in [0.15, 0.2) is 0 Å². The van der Waals surface area contributed by atoms with E-state index >= 15 is 0 Å². The maximum atomic E-state index is 9.93. The van der Waals surface area contributed by atoms with E-state index in [9.17, 15) is 4.79 Å². The molecule has 48 valence electrons. The molecule has 5 nitrogen and oxygen atoms in total. The number of nitrogens with two attached hydrogens (primary N) is 2. The quantitative estimate of drug-likeness (QED) is 0.312. The van der Waals surface area contributed by atoms with Gasteiger partial charge in [-0.15, -0.1) is 0 Å². The summed E-state index contributed by atoms with van der Waals surface area (Å²) in [6, 6.07) is -0.879. The highest BCUT2D eigenvalue weighted by Crippen LogP contribution is 1.74. The highest BCUT2D eigenvalue weighted by molar-refractivity contribution is 5.70. The van der Waals surface area contributed by atoms with Crippen molar-refractivity contribution in [2.24, 2.45) is 11.5 Å². The molecule has 2 amide bonds. The number of carbonyl (C=O) groups excluding carboxylic acids is 1. The molecule has 0 aliphatic carbocycles. The Morgan fingerprint density at radius 2 is 2.25 bits per heavy atom. The highest BCUT2D eigenvalue weighted by Gasteiger charge is 2.00. The summed E-state index contributed by atoms with van der Waals surface area (Å²) in [4.78, 5) is 9.93. The minimum absolute atomic E-state index is 0.0787. The van der Waals surface area contributed by atoms with Crippen LogP contribution in [0.15, 0.2) is 0 Å². The largest absolute Gasteiger partial charge is 0.350 e. The fraction of sp³-hybridized carbons (Fsp3) is 0.667. The smallest absolute Gasteiger partial charge is 0.338 e. The zero-order valence-electron chi connectivity index (χ0n) is 4.37. The molecule has 0 rings (SSSR count). The molecule has 8 heavy (non-hydrogen) atoms. The average molecular weight is 119 g/mol. The molecule has 0 spiro atoms. The number of nitrogens with zero attached hydrogens (tertiary/aromatic N) is 1. The number of urea groups is 1. The van der Waals surface area contributed by atoms with Crippen LogP contribution in [0.1, 0.15) is 0 Å². The standard InChI is InChI=1S/C3H9N3O2/c4-1-2-6(8)3(5)7/h8H,1-2,4H2,(H2,5,7). The van der Waals surface area contributed by atoms with Gasteiger partial charge in [0.1, 0.15) is 0 Å². The van der Waals surface area contributed by atoms with Crippen LogP contribution >= 0.6 is 0 Å². The first-order valence-electron chi connectivity index (χ1n) is 2.14. The lowest BCUT2D eigenvalue weighted by Gasteiger charge is -2.08. The second kappa shape index (κ2) is 3.23. The fourth-order valence-electron chi connectivity index (χ4n) is 0.232. The zero-order valence-corrected chi connectivity index (χ0v) is 4.37. The Labute approximate surface area is 46.8 Å². The first-order valence-corrected chi connectivity index (χ1v) is 2.14. The van der Waals surface area contributed by atoms with E-state index in [1.807, 2.05) is 0 Å². The Bertz CT molecular complexity index is 84.6. The highest BCUT2D eigenvalue weighted by atomic mass is 16.5. The molecule has 0 fully saturated rings. The van der Waals surface area contributed by atoms with Crippen molar-refractivity contribution in [3.63, 3.8) is 0 Å². The van der Waals surface area contributed by atoms with Gasteiger partial charge in [0.25, 0.3) is 0 Å². The lowest BCUT2D eigenvalue weighted by Crippen LogP contribution is -2.36. The maximum Gasteiger partial charge on any atom is 0.338 e. The van der Waals surface area contributed by atoms with Gasteiger partial charge in [-0.3, -0.25) is 5.21 Å². The van der Waals surface area contributed by atoms with Crippen LogP contribution in [-0.4, -0.2) is 29.4 Å². The summed E-state index contributed by atoms with van der Waals surface area (Å²) >= 11 is 0. The summed E-state index contributed by atoms with van der Waals surface area (Å²) in [5.74, 6) is 0. The molecule has 0 aromatic carbocycles. The van der Waals surface area contributed by atoms with Crippen LogP contribution in [0, 0.1) is 0 Å². The SMILES string of the molecule is NCCN(O)C(N)=O. The summed E-state index contributed by atoms with van der Waals surface area (Å²) in [5, 5.41) is 8.77. The fourth-order valence-corrected chi connectivity index (χ4v) is 0.232. The monoisotopic (exact) mass is 119 g/mol. The average Bonchev–Trinajstić information content (AvgIpc) is 1.67. The number of hydroxylamine groups is 2. The lowest BCUT2D eigenvalue weighted by atomic mass is 10.6. The van der Waals surface area contributed by atoms with Gasteiger partial charge in [-0.2, -0.15) is 0 Å². The van der Waals surface area contributed by atoms with Crippen molar-refractivity contribution in [3.05, 3.63) is 0 Å². The third kappa shape index (κ3) is 2.38. The molecule has 0 atom stereocenters. The van der Waals surface area contributed by atoms with Crippen LogP contribution in [0.3, 0.4) is 0 Å². The van der Waals surface area contributed by atoms with Gasteiger partial charge in [-0.1, -0.05) is 0 Å².